The Morgan fingerprint density at radius 1 is 1.10 bits per heavy atom. The topological polar surface area (TPSA) is 101 Å². The average Bonchev–Trinajstić information content (AvgIpc) is 2.74. The fraction of sp³-hybridized carbons (Fsp3) is 0.500. The van der Waals surface area contributed by atoms with Crippen molar-refractivity contribution in [2.45, 2.75) is 19.9 Å². The molecule has 30 heavy (non-hydrogen) atoms. The quantitative estimate of drug-likeness (QED) is 0.582. The summed E-state index contributed by atoms with van der Waals surface area (Å²) in [5.74, 6) is -2.48. The number of esters is 1. The first kappa shape index (κ1) is 21.5. The number of amides is 2. The molecule has 0 bridgehead atoms. The lowest BCUT2D eigenvalue weighted by atomic mass is 9.91. The molecule has 9 nitrogen and oxygen atoms in total. The van der Waals surface area contributed by atoms with Gasteiger partial charge in [0.15, 0.2) is 5.92 Å². The third-order valence-electron chi connectivity index (χ3n) is 4.95. The number of carbonyl (C=O) groups excluding carboxylic acids is 3. The second-order valence-electron chi connectivity index (χ2n) is 6.84. The van der Waals surface area contributed by atoms with E-state index in [1.807, 2.05) is 4.90 Å². The van der Waals surface area contributed by atoms with Crippen molar-refractivity contribution < 1.29 is 28.2 Å². The van der Waals surface area contributed by atoms with E-state index in [4.69, 9.17) is 9.47 Å². The Hall–Kier alpha value is -3.17. The van der Waals surface area contributed by atoms with Crippen LogP contribution in [0.3, 0.4) is 0 Å². The maximum absolute atomic E-state index is 13.4. The summed E-state index contributed by atoms with van der Waals surface area (Å²) in [6, 6.07) is 4.70. The van der Waals surface area contributed by atoms with Crippen LogP contribution >= 0.6 is 0 Å². The van der Waals surface area contributed by atoms with Crippen LogP contribution < -0.4 is 5.32 Å². The van der Waals surface area contributed by atoms with Gasteiger partial charge < -0.3 is 19.3 Å². The molecule has 2 heterocycles. The highest BCUT2D eigenvalue weighted by molar-refractivity contribution is 6.08. The number of piperazine rings is 1. The summed E-state index contributed by atoms with van der Waals surface area (Å²) < 4.78 is 23.4. The Balaban J connectivity index is 1.82. The van der Waals surface area contributed by atoms with Crippen molar-refractivity contribution in [3.05, 3.63) is 35.6 Å². The van der Waals surface area contributed by atoms with E-state index in [-0.39, 0.29) is 12.7 Å². The first-order valence-electron chi connectivity index (χ1n) is 9.92. The van der Waals surface area contributed by atoms with Gasteiger partial charge in [0.05, 0.1) is 13.2 Å². The monoisotopic (exact) mass is 420 g/mol. The minimum Gasteiger partial charge on any atom is -0.465 e. The smallest absolute Gasteiger partial charge is 0.409 e. The number of nitrogens with zero attached hydrogens (tertiary/aromatic N) is 3. The van der Waals surface area contributed by atoms with Gasteiger partial charge in [-0.2, -0.15) is 0 Å². The van der Waals surface area contributed by atoms with Crippen molar-refractivity contribution in [1.82, 2.24) is 15.1 Å². The summed E-state index contributed by atoms with van der Waals surface area (Å²) >= 11 is 0. The van der Waals surface area contributed by atoms with Crippen LogP contribution in [0.15, 0.2) is 29.3 Å². The summed E-state index contributed by atoms with van der Waals surface area (Å²) in [7, 11) is 0. The molecule has 0 saturated carbocycles. The zero-order valence-electron chi connectivity index (χ0n) is 17.0. The summed E-state index contributed by atoms with van der Waals surface area (Å²) in [6.45, 7) is 5.55. The third kappa shape index (κ3) is 4.69. The highest BCUT2D eigenvalue weighted by Crippen LogP contribution is 2.31. The van der Waals surface area contributed by atoms with Crippen molar-refractivity contribution in [2.75, 3.05) is 39.4 Å². The van der Waals surface area contributed by atoms with E-state index in [1.165, 1.54) is 24.3 Å². The molecule has 162 valence electrons. The molecule has 2 aliphatic rings. The Bertz CT molecular complexity index is 821. The highest BCUT2D eigenvalue weighted by atomic mass is 19.1. The second kappa shape index (κ2) is 9.55. The standard InChI is InChI=1S/C20H25FN4O5/c1-3-29-18(27)15-16(13-5-7-14(21)8-6-13)22-19(23-17(15)26)24-9-11-25(12-10-24)20(28)30-4-2/h5-8,15-16H,3-4,9-12H2,1-2H3,(H,22,23,26)/t15-,16-/m0/s1. The lowest BCUT2D eigenvalue weighted by molar-refractivity contribution is -0.153. The van der Waals surface area contributed by atoms with E-state index in [1.54, 1.807) is 18.7 Å². The van der Waals surface area contributed by atoms with Crippen LogP contribution in [0.4, 0.5) is 9.18 Å². The van der Waals surface area contributed by atoms with Crippen LogP contribution in [-0.2, 0) is 19.1 Å². The molecule has 0 unspecified atom stereocenters. The first-order chi connectivity index (χ1) is 14.4. The number of hydrogen-bond donors (Lipinski definition) is 1. The summed E-state index contributed by atoms with van der Waals surface area (Å²) in [5, 5.41) is 2.68. The van der Waals surface area contributed by atoms with Crippen molar-refractivity contribution in [3.63, 3.8) is 0 Å². The van der Waals surface area contributed by atoms with Gasteiger partial charge in [-0.3, -0.25) is 14.9 Å². The molecule has 1 saturated heterocycles. The van der Waals surface area contributed by atoms with Gasteiger partial charge in [0, 0.05) is 26.2 Å². The van der Waals surface area contributed by atoms with Gasteiger partial charge in [-0.05, 0) is 31.5 Å². The molecule has 0 aliphatic carbocycles. The minimum absolute atomic E-state index is 0.130. The van der Waals surface area contributed by atoms with Crippen LogP contribution in [0.5, 0.6) is 0 Å². The van der Waals surface area contributed by atoms with Crippen LogP contribution in [0.1, 0.15) is 25.5 Å². The molecule has 3 rings (SSSR count). The Kier molecular flexibility index (Phi) is 6.86. The molecule has 0 aromatic heterocycles. The average molecular weight is 420 g/mol. The van der Waals surface area contributed by atoms with Crippen molar-refractivity contribution in [3.8, 4) is 0 Å². The minimum atomic E-state index is -1.17. The van der Waals surface area contributed by atoms with Crippen molar-refractivity contribution in [1.29, 1.82) is 0 Å². The molecular weight excluding hydrogens is 395 g/mol. The van der Waals surface area contributed by atoms with E-state index in [2.05, 4.69) is 10.3 Å². The van der Waals surface area contributed by atoms with Crippen LogP contribution in [-0.4, -0.2) is 73.1 Å². The SMILES string of the molecule is CCOC(=O)[C@@H]1C(=O)NC(N2CCN(C(=O)OCC)CC2)=N[C@H]1c1ccc(F)cc1. The number of benzene rings is 1. The van der Waals surface area contributed by atoms with E-state index in [0.29, 0.717) is 44.3 Å². The molecule has 1 fully saturated rings. The number of halogens is 1. The number of guanidine groups is 1. The van der Waals surface area contributed by atoms with Gasteiger partial charge in [0.1, 0.15) is 11.9 Å². The van der Waals surface area contributed by atoms with Crippen molar-refractivity contribution >= 4 is 23.9 Å². The molecule has 1 N–H and O–H groups in total. The number of hydrogen-bond acceptors (Lipinski definition) is 7. The molecule has 2 aliphatic heterocycles. The predicted molar refractivity (Wildman–Crippen MR) is 105 cm³/mol. The number of rotatable bonds is 4. The van der Waals surface area contributed by atoms with Crippen LogP contribution in [0.25, 0.3) is 0 Å². The summed E-state index contributed by atoms with van der Waals surface area (Å²) in [4.78, 5) is 45.1. The molecule has 1 aromatic rings. The van der Waals surface area contributed by atoms with E-state index in [9.17, 15) is 18.8 Å². The maximum Gasteiger partial charge on any atom is 0.409 e. The van der Waals surface area contributed by atoms with Crippen molar-refractivity contribution in [2.24, 2.45) is 10.9 Å². The van der Waals surface area contributed by atoms with Gasteiger partial charge in [-0.1, -0.05) is 12.1 Å². The lowest BCUT2D eigenvalue weighted by Crippen LogP contribution is -2.58. The molecular formula is C20H25FN4O5. The van der Waals surface area contributed by atoms with Gasteiger partial charge in [-0.15, -0.1) is 0 Å². The number of carbonyl (C=O) groups is 3. The molecule has 2 amide bonds. The van der Waals surface area contributed by atoms with E-state index < -0.39 is 29.7 Å². The van der Waals surface area contributed by atoms with E-state index in [0.717, 1.165) is 0 Å². The molecule has 0 radical (unpaired) electrons. The van der Waals surface area contributed by atoms with Gasteiger partial charge >= 0.3 is 12.1 Å². The summed E-state index contributed by atoms with van der Waals surface area (Å²) in [6.07, 6.45) is -0.377. The first-order valence-corrected chi connectivity index (χ1v) is 9.92. The fourth-order valence-corrected chi connectivity index (χ4v) is 3.44. The van der Waals surface area contributed by atoms with Gasteiger partial charge in [0.2, 0.25) is 11.9 Å². The Labute approximate surface area is 173 Å². The number of ether oxygens (including phenoxy) is 2. The normalized spacial score (nSPS) is 21.6. The zero-order chi connectivity index (χ0) is 21.7. The third-order valence-corrected chi connectivity index (χ3v) is 4.95. The highest BCUT2D eigenvalue weighted by Gasteiger charge is 2.42. The number of aliphatic imine (C=N–C) groups is 1. The Morgan fingerprint density at radius 2 is 1.73 bits per heavy atom. The largest absolute Gasteiger partial charge is 0.465 e. The molecule has 1 aromatic carbocycles. The van der Waals surface area contributed by atoms with E-state index >= 15 is 0 Å². The summed E-state index contributed by atoms with van der Waals surface area (Å²) in [5.41, 5.74) is 0.534. The Morgan fingerprint density at radius 3 is 2.33 bits per heavy atom. The maximum atomic E-state index is 13.4. The van der Waals surface area contributed by atoms with Gasteiger partial charge in [-0.25, -0.2) is 14.2 Å². The second-order valence-corrected chi connectivity index (χ2v) is 6.84. The zero-order valence-corrected chi connectivity index (χ0v) is 17.0. The molecule has 0 spiro atoms. The van der Waals surface area contributed by atoms with Gasteiger partial charge in [0.25, 0.3) is 0 Å². The predicted octanol–water partition coefficient (Wildman–Crippen LogP) is 1.31. The van der Waals surface area contributed by atoms with Crippen LogP contribution in [0.2, 0.25) is 0 Å². The number of nitrogens with one attached hydrogen (secondary N) is 1. The molecule has 2 atom stereocenters. The molecule has 10 heteroatoms. The fourth-order valence-electron chi connectivity index (χ4n) is 3.44. The van der Waals surface area contributed by atoms with Crippen LogP contribution in [0, 0.1) is 11.7 Å². The lowest BCUT2D eigenvalue weighted by Gasteiger charge is -2.38.